The highest BCUT2D eigenvalue weighted by Gasteiger charge is 2.08. The molecule has 0 saturated heterocycles. The minimum atomic E-state index is -0.376. The number of ketones is 1. The lowest BCUT2D eigenvalue weighted by molar-refractivity contribution is 0.0921. The minimum absolute atomic E-state index is 0.107. The summed E-state index contributed by atoms with van der Waals surface area (Å²) in [5.41, 5.74) is 0.534. The van der Waals surface area contributed by atoms with E-state index in [1.165, 1.54) is 18.2 Å². The van der Waals surface area contributed by atoms with Gasteiger partial charge in [-0.25, -0.2) is 4.39 Å². The summed E-state index contributed by atoms with van der Waals surface area (Å²) in [5.74, 6) is 0.581. The van der Waals surface area contributed by atoms with E-state index >= 15 is 0 Å². The first-order chi connectivity index (χ1) is 9.60. The lowest BCUT2D eigenvalue weighted by Gasteiger charge is -2.07. The number of benzene rings is 2. The molecule has 0 bridgehead atoms. The summed E-state index contributed by atoms with van der Waals surface area (Å²) in [6.07, 6.45) is 0. The summed E-state index contributed by atoms with van der Waals surface area (Å²) >= 11 is 3.06. The number of ether oxygens (including phenoxy) is 2. The van der Waals surface area contributed by atoms with Crippen LogP contribution in [0.3, 0.4) is 0 Å². The van der Waals surface area contributed by atoms with Gasteiger partial charge in [0.05, 0.1) is 11.6 Å². The maximum Gasteiger partial charge on any atom is 0.200 e. The van der Waals surface area contributed by atoms with Gasteiger partial charge in [0.25, 0.3) is 0 Å². The fraction of sp³-hybridized carbons (Fsp3) is 0.133. The second kappa shape index (κ2) is 6.52. The highest BCUT2D eigenvalue weighted by atomic mass is 79.9. The van der Waals surface area contributed by atoms with Gasteiger partial charge in [-0.1, -0.05) is 0 Å². The highest BCUT2D eigenvalue weighted by molar-refractivity contribution is 9.10. The Bertz CT molecular complexity index is 611. The van der Waals surface area contributed by atoms with Crippen molar-refractivity contribution in [3.05, 3.63) is 58.3 Å². The third kappa shape index (κ3) is 3.57. The maximum atomic E-state index is 13.1. The molecule has 0 saturated carbocycles. The van der Waals surface area contributed by atoms with Crippen LogP contribution in [-0.4, -0.2) is 19.5 Å². The van der Waals surface area contributed by atoms with Gasteiger partial charge in [-0.2, -0.15) is 0 Å². The summed E-state index contributed by atoms with van der Waals surface area (Å²) in [5, 5.41) is 0. The second-order valence-corrected chi connectivity index (χ2v) is 4.87. The molecule has 0 N–H and O–H groups in total. The van der Waals surface area contributed by atoms with Crippen LogP contribution in [0, 0.1) is 5.82 Å². The number of hydrogen-bond donors (Lipinski definition) is 0. The molecule has 5 heteroatoms. The summed E-state index contributed by atoms with van der Waals surface area (Å²) in [6, 6.07) is 11.0. The maximum absolute atomic E-state index is 13.1. The van der Waals surface area contributed by atoms with E-state index in [-0.39, 0.29) is 18.2 Å². The molecule has 0 unspecified atom stereocenters. The number of halogens is 2. The molecule has 0 radical (unpaired) electrons. The fourth-order valence-electron chi connectivity index (χ4n) is 1.58. The molecule has 2 aromatic rings. The van der Waals surface area contributed by atoms with E-state index in [1.807, 2.05) is 0 Å². The Morgan fingerprint density at radius 1 is 1.15 bits per heavy atom. The average Bonchev–Trinajstić information content (AvgIpc) is 2.48. The van der Waals surface area contributed by atoms with Gasteiger partial charge in [-0.3, -0.25) is 4.79 Å². The van der Waals surface area contributed by atoms with E-state index in [4.69, 9.17) is 9.47 Å². The van der Waals surface area contributed by atoms with Gasteiger partial charge in [0.2, 0.25) is 0 Å². The van der Waals surface area contributed by atoms with Crippen molar-refractivity contribution >= 4 is 21.7 Å². The second-order valence-electron chi connectivity index (χ2n) is 4.02. The molecular formula is C15H12BrFO3. The Kier molecular flexibility index (Phi) is 4.74. The third-order valence-electron chi connectivity index (χ3n) is 2.67. The van der Waals surface area contributed by atoms with Gasteiger partial charge in [0.15, 0.2) is 12.4 Å². The Hall–Kier alpha value is -1.88. The number of Topliss-reactive ketones (excluding diaryl/α,β-unsaturated/α-hetero) is 1. The van der Waals surface area contributed by atoms with Crippen molar-refractivity contribution in [2.75, 3.05) is 13.7 Å². The van der Waals surface area contributed by atoms with Crippen molar-refractivity contribution in [2.24, 2.45) is 0 Å². The first-order valence-corrected chi connectivity index (χ1v) is 6.64. The standard InChI is InChI=1S/C15H12BrFO3/c1-19-11-4-2-10(3-5-11)15(18)9-20-12-6-7-14(17)13(16)8-12/h2-8H,9H2,1H3. The predicted molar refractivity (Wildman–Crippen MR) is 76.9 cm³/mol. The van der Waals surface area contributed by atoms with Crippen molar-refractivity contribution < 1.29 is 18.7 Å². The molecular weight excluding hydrogens is 327 g/mol. The molecule has 0 aliphatic carbocycles. The molecule has 0 atom stereocenters. The molecule has 20 heavy (non-hydrogen) atoms. The van der Waals surface area contributed by atoms with Crippen LogP contribution >= 0.6 is 15.9 Å². The molecule has 3 nitrogen and oxygen atoms in total. The Morgan fingerprint density at radius 2 is 1.80 bits per heavy atom. The largest absolute Gasteiger partial charge is 0.497 e. The van der Waals surface area contributed by atoms with Crippen LogP contribution in [-0.2, 0) is 0 Å². The van der Waals surface area contributed by atoms with Crippen molar-refractivity contribution in [1.29, 1.82) is 0 Å². The minimum Gasteiger partial charge on any atom is -0.497 e. The molecule has 0 aliphatic heterocycles. The SMILES string of the molecule is COc1ccc(C(=O)COc2ccc(F)c(Br)c2)cc1. The average molecular weight is 339 g/mol. The van der Waals surface area contributed by atoms with E-state index in [2.05, 4.69) is 15.9 Å². The van der Waals surface area contributed by atoms with Crippen LogP contribution in [0.2, 0.25) is 0 Å². The Labute approximate surface area is 124 Å². The topological polar surface area (TPSA) is 35.5 Å². The lowest BCUT2D eigenvalue weighted by atomic mass is 10.1. The van der Waals surface area contributed by atoms with Crippen molar-refractivity contribution in [3.8, 4) is 11.5 Å². The lowest BCUT2D eigenvalue weighted by Crippen LogP contribution is -2.11. The molecule has 0 amide bonds. The van der Waals surface area contributed by atoms with E-state index in [1.54, 1.807) is 31.4 Å². The smallest absolute Gasteiger partial charge is 0.200 e. The third-order valence-corrected chi connectivity index (χ3v) is 3.28. The van der Waals surface area contributed by atoms with Crippen molar-refractivity contribution in [1.82, 2.24) is 0 Å². The number of carbonyl (C=O) groups excluding carboxylic acids is 1. The number of carbonyl (C=O) groups is 1. The number of hydrogen-bond acceptors (Lipinski definition) is 3. The fourth-order valence-corrected chi connectivity index (χ4v) is 1.93. The Balaban J connectivity index is 1.98. The van der Waals surface area contributed by atoms with Crippen LogP contribution in [0.4, 0.5) is 4.39 Å². The first kappa shape index (κ1) is 14.5. The van der Waals surface area contributed by atoms with Gasteiger partial charge >= 0.3 is 0 Å². The van der Waals surface area contributed by atoms with E-state index < -0.39 is 0 Å². The molecule has 0 aromatic heterocycles. The van der Waals surface area contributed by atoms with Crippen LogP contribution in [0.1, 0.15) is 10.4 Å². The van der Waals surface area contributed by atoms with Gasteiger partial charge in [0.1, 0.15) is 17.3 Å². The number of rotatable bonds is 5. The Morgan fingerprint density at radius 3 is 2.40 bits per heavy atom. The molecule has 2 rings (SSSR count). The van der Waals surface area contributed by atoms with Crippen LogP contribution in [0.25, 0.3) is 0 Å². The van der Waals surface area contributed by atoms with Crippen molar-refractivity contribution in [3.63, 3.8) is 0 Å². The molecule has 104 valence electrons. The zero-order valence-corrected chi connectivity index (χ0v) is 12.3. The van der Waals surface area contributed by atoms with E-state index in [9.17, 15) is 9.18 Å². The quantitative estimate of drug-likeness (QED) is 0.776. The molecule has 0 fully saturated rings. The summed E-state index contributed by atoms with van der Waals surface area (Å²) in [7, 11) is 1.56. The molecule has 0 spiro atoms. The van der Waals surface area contributed by atoms with Gasteiger partial charge in [-0.05, 0) is 58.4 Å². The molecule has 2 aromatic carbocycles. The summed E-state index contributed by atoms with van der Waals surface area (Å²) < 4.78 is 23.7. The summed E-state index contributed by atoms with van der Waals surface area (Å²) in [6.45, 7) is -0.107. The van der Waals surface area contributed by atoms with Crippen LogP contribution < -0.4 is 9.47 Å². The van der Waals surface area contributed by atoms with Crippen molar-refractivity contribution in [2.45, 2.75) is 0 Å². The summed E-state index contributed by atoms with van der Waals surface area (Å²) in [4.78, 5) is 11.9. The monoisotopic (exact) mass is 338 g/mol. The zero-order chi connectivity index (χ0) is 14.5. The molecule has 0 heterocycles. The molecule has 0 aliphatic rings. The first-order valence-electron chi connectivity index (χ1n) is 5.85. The highest BCUT2D eigenvalue weighted by Crippen LogP contribution is 2.22. The number of methoxy groups -OCH3 is 1. The zero-order valence-electron chi connectivity index (χ0n) is 10.7. The van der Waals surface area contributed by atoms with Crippen LogP contribution in [0.5, 0.6) is 11.5 Å². The van der Waals surface area contributed by atoms with Crippen LogP contribution in [0.15, 0.2) is 46.9 Å². The normalized spacial score (nSPS) is 10.2. The van der Waals surface area contributed by atoms with Gasteiger partial charge in [0, 0.05) is 5.56 Å². The predicted octanol–water partition coefficient (Wildman–Crippen LogP) is 3.86. The van der Waals surface area contributed by atoms with E-state index in [0.29, 0.717) is 21.5 Å². The van der Waals surface area contributed by atoms with Gasteiger partial charge in [-0.15, -0.1) is 0 Å². The van der Waals surface area contributed by atoms with E-state index in [0.717, 1.165) is 0 Å². The van der Waals surface area contributed by atoms with Gasteiger partial charge < -0.3 is 9.47 Å².